The number of ether oxygens (including phenoxy) is 1. The number of hydrogen-bond donors (Lipinski definition) is 0. The third kappa shape index (κ3) is 3.66. The lowest BCUT2D eigenvalue weighted by Crippen LogP contribution is -2.35. The molecule has 1 rings (SSSR count). The van der Waals surface area contributed by atoms with Gasteiger partial charge in [0.2, 0.25) is 0 Å². The molecule has 2 nitrogen and oxygen atoms in total. The molecule has 0 spiro atoms. The molecular formula is C14H24O2. The molecular weight excluding hydrogens is 200 g/mol. The predicted molar refractivity (Wildman–Crippen MR) is 66.0 cm³/mol. The van der Waals surface area contributed by atoms with Crippen molar-refractivity contribution in [2.75, 3.05) is 0 Å². The summed E-state index contributed by atoms with van der Waals surface area (Å²) in [4.78, 5) is 11.5. The SMILES string of the molecule is C/C=C/C(=O)O[C@@H]1C[C@H](C)CC[C@H]1C(C)C. The van der Waals surface area contributed by atoms with Gasteiger partial charge in [-0.25, -0.2) is 4.79 Å². The Morgan fingerprint density at radius 1 is 1.38 bits per heavy atom. The molecule has 0 heterocycles. The topological polar surface area (TPSA) is 26.3 Å². The Balaban J connectivity index is 2.60. The van der Waals surface area contributed by atoms with Crippen molar-refractivity contribution in [3.8, 4) is 0 Å². The number of rotatable bonds is 3. The lowest BCUT2D eigenvalue weighted by molar-refractivity contribution is -0.149. The standard InChI is InChI=1S/C14H24O2/c1-5-6-14(15)16-13-9-11(4)7-8-12(13)10(2)3/h5-6,10-13H,7-9H2,1-4H3/b6-5+/t11-,12+,13-/m1/s1. The van der Waals surface area contributed by atoms with Gasteiger partial charge in [0.1, 0.15) is 6.10 Å². The Labute approximate surface area is 99.1 Å². The molecule has 1 aliphatic carbocycles. The number of hydrogen-bond acceptors (Lipinski definition) is 2. The molecule has 0 saturated heterocycles. The molecule has 0 amide bonds. The quantitative estimate of drug-likeness (QED) is 0.541. The van der Waals surface area contributed by atoms with Gasteiger partial charge in [-0.2, -0.15) is 0 Å². The highest BCUT2D eigenvalue weighted by atomic mass is 16.5. The summed E-state index contributed by atoms with van der Waals surface area (Å²) >= 11 is 0. The summed E-state index contributed by atoms with van der Waals surface area (Å²) in [6.07, 6.45) is 6.84. The van der Waals surface area contributed by atoms with Crippen LogP contribution in [0, 0.1) is 17.8 Å². The molecule has 0 aromatic carbocycles. The zero-order valence-electron chi connectivity index (χ0n) is 10.9. The van der Waals surface area contributed by atoms with Crippen LogP contribution in [0.2, 0.25) is 0 Å². The summed E-state index contributed by atoms with van der Waals surface area (Å²) in [5.74, 6) is 1.62. The van der Waals surface area contributed by atoms with Crippen molar-refractivity contribution >= 4 is 5.97 Å². The first kappa shape index (κ1) is 13.3. The van der Waals surface area contributed by atoms with E-state index in [0.717, 1.165) is 6.42 Å². The maximum atomic E-state index is 11.5. The van der Waals surface area contributed by atoms with E-state index in [0.29, 0.717) is 17.8 Å². The summed E-state index contributed by atoms with van der Waals surface area (Å²) in [5.41, 5.74) is 0. The van der Waals surface area contributed by atoms with Crippen molar-refractivity contribution in [3.63, 3.8) is 0 Å². The van der Waals surface area contributed by atoms with E-state index < -0.39 is 0 Å². The molecule has 92 valence electrons. The summed E-state index contributed by atoms with van der Waals surface area (Å²) in [6, 6.07) is 0. The van der Waals surface area contributed by atoms with Crippen LogP contribution in [-0.4, -0.2) is 12.1 Å². The van der Waals surface area contributed by atoms with Gasteiger partial charge < -0.3 is 4.74 Å². The Morgan fingerprint density at radius 2 is 2.06 bits per heavy atom. The van der Waals surface area contributed by atoms with Crippen LogP contribution in [0.3, 0.4) is 0 Å². The highest BCUT2D eigenvalue weighted by Crippen LogP contribution is 2.35. The predicted octanol–water partition coefficient (Wildman–Crippen LogP) is 3.57. The third-order valence-corrected chi connectivity index (χ3v) is 3.53. The van der Waals surface area contributed by atoms with Crippen LogP contribution in [-0.2, 0) is 9.53 Å². The Bertz CT molecular complexity index is 255. The Kier molecular flexibility index (Phi) is 5.04. The molecule has 1 saturated carbocycles. The van der Waals surface area contributed by atoms with Crippen LogP contribution in [0.1, 0.15) is 47.0 Å². The highest BCUT2D eigenvalue weighted by Gasteiger charge is 2.32. The number of esters is 1. The average Bonchev–Trinajstić information content (AvgIpc) is 2.17. The van der Waals surface area contributed by atoms with Crippen LogP contribution < -0.4 is 0 Å². The summed E-state index contributed by atoms with van der Waals surface area (Å²) < 4.78 is 5.55. The van der Waals surface area contributed by atoms with Crippen LogP contribution in [0.5, 0.6) is 0 Å². The Hall–Kier alpha value is -0.790. The van der Waals surface area contributed by atoms with E-state index in [2.05, 4.69) is 20.8 Å². The van der Waals surface area contributed by atoms with E-state index in [1.807, 2.05) is 6.92 Å². The van der Waals surface area contributed by atoms with Crippen LogP contribution in [0.15, 0.2) is 12.2 Å². The van der Waals surface area contributed by atoms with Gasteiger partial charge in [-0.05, 0) is 37.5 Å². The minimum absolute atomic E-state index is 0.118. The van der Waals surface area contributed by atoms with Crippen molar-refractivity contribution in [2.45, 2.75) is 53.1 Å². The molecule has 2 heteroatoms. The maximum absolute atomic E-state index is 11.5. The van der Waals surface area contributed by atoms with Gasteiger partial charge in [0.15, 0.2) is 0 Å². The smallest absolute Gasteiger partial charge is 0.330 e. The van der Waals surface area contributed by atoms with Gasteiger partial charge in [-0.3, -0.25) is 0 Å². The van der Waals surface area contributed by atoms with Crippen molar-refractivity contribution in [1.82, 2.24) is 0 Å². The number of allylic oxidation sites excluding steroid dienone is 1. The van der Waals surface area contributed by atoms with E-state index >= 15 is 0 Å². The van der Waals surface area contributed by atoms with Gasteiger partial charge in [0, 0.05) is 6.08 Å². The van der Waals surface area contributed by atoms with Gasteiger partial charge in [0.25, 0.3) is 0 Å². The molecule has 0 radical (unpaired) electrons. The van der Waals surface area contributed by atoms with Gasteiger partial charge in [-0.1, -0.05) is 33.3 Å². The van der Waals surface area contributed by atoms with Crippen LogP contribution in [0.25, 0.3) is 0 Å². The first-order valence-electron chi connectivity index (χ1n) is 6.38. The van der Waals surface area contributed by atoms with E-state index in [1.54, 1.807) is 6.08 Å². The van der Waals surface area contributed by atoms with Gasteiger partial charge in [0.05, 0.1) is 0 Å². The first-order valence-corrected chi connectivity index (χ1v) is 6.38. The lowest BCUT2D eigenvalue weighted by Gasteiger charge is -2.36. The van der Waals surface area contributed by atoms with Crippen molar-refractivity contribution in [3.05, 3.63) is 12.2 Å². The maximum Gasteiger partial charge on any atom is 0.330 e. The van der Waals surface area contributed by atoms with Crippen molar-refractivity contribution in [1.29, 1.82) is 0 Å². The molecule has 0 aromatic rings. The summed E-state index contributed by atoms with van der Waals surface area (Å²) in [7, 11) is 0. The molecule has 0 bridgehead atoms. The van der Waals surface area contributed by atoms with Crippen LogP contribution >= 0.6 is 0 Å². The zero-order chi connectivity index (χ0) is 12.1. The third-order valence-electron chi connectivity index (χ3n) is 3.53. The fourth-order valence-corrected chi connectivity index (χ4v) is 2.57. The van der Waals surface area contributed by atoms with Crippen molar-refractivity contribution in [2.24, 2.45) is 17.8 Å². The van der Waals surface area contributed by atoms with E-state index in [9.17, 15) is 4.79 Å². The fourth-order valence-electron chi connectivity index (χ4n) is 2.57. The minimum Gasteiger partial charge on any atom is -0.459 e. The largest absolute Gasteiger partial charge is 0.459 e. The minimum atomic E-state index is -0.188. The van der Waals surface area contributed by atoms with Crippen molar-refractivity contribution < 1.29 is 9.53 Å². The molecule has 0 aliphatic heterocycles. The molecule has 1 aliphatic rings. The molecule has 0 unspecified atom stereocenters. The van der Waals surface area contributed by atoms with E-state index in [4.69, 9.17) is 4.74 Å². The van der Waals surface area contributed by atoms with Gasteiger partial charge >= 0.3 is 5.97 Å². The summed E-state index contributed by atoms with van der Waals surface area (Å²) in [6.45, 7) is 8.52. The number of carbonyl (C=O) groups excluding carboxylic acids is 1. The summed E-state index contributed by atoms with van der Waals surface area (Å²) in [5, 5.41) is 0. The Morgan fingerprint density at radius 3 is 2.62 bits per heavy atom. The molecule has 1 fully saturated rings. The lowest BCUT2D eigenvalue weighted by atomic mass is 9.75. The molecule has 0 N–H and O–H groups in total. The second kappa shape index (κ2) is 6.07. The second-order valence-electron chi connectivity index (χ2n) is 5.30. The van der Waals surface area contributed by atoms with E-state index in [-0.39, 0.29) is 12.1 Å². The fraction of sp³-hybridized carbons (Fsp3) is 0.786. The highest BCUT2D eigenvalue weighted by molar-refractivity contribution is 5.81. The normalized spacial score (nSPS) is 30.9. The first-order chi connectivity index (χ1) is 7.54. The molecule has 3 atom stereocenters. The monoisotopic (exact) mass is 224 g/mol. The number of carbonyl (C=O) groups is 1. The van der Waals surface area contributed by atoms with E-state index in [1.165, 1.54) is 18.9 Å². The average molecular weight is 224 g/mol. The molecule has 0 aromatic heterocycles. The molecule has 16 heavy (non-hydrogen) atoms. The van der Waals surface area contributed by atoms with Crippen LogP contribution in [0.4, 0.5) is 0 Å². The second-order valence-corrected chi connectivity index (χ2v) is 5.30. The van der Waals surface area contributed by atoms with Gasteiger partial charge in [-0.15, -0.1) is 0 Å². The zero-order valence-corrected chi connectivity index (χ0v) is 10.9.